The Labute approximate surface area is 159 Å². The van der Waals surface area contributed by atoms with Gasteiger partial charge in [-0.25, -0.2) is 4.39 Å². The maximum Gasteiger partial charge on any atom is 0.149 e. The predicted molar refractivity (Wildman–Crippen MR) is 108 cm³/mol. The summed E-state index contributed by atoms with van der Waals surface area (Å²) in [5, 5.41) is 0.715. The molecule has 0 fully saturated rings. The van der Waals surface area contributed by atoms with E-state index in [4.69, 9.17) is 0 Å². The molecule has 3 aromatic rings. The van der Waals surface area contributed by atoms with Crippen LogP contribution in [0.2, 0.25) is 0 Å². The Bertz CT molecular complexity index is 990. The fraction of sp³-hybridized carbons (Fsp3) is 0.250. The van der Waals surface area contributed by atoms with Gasteiger partial charge in [-0.15, -0.1) is 0 Å². The summed E-state index contributed by atoms with van der Waals surface area (Å²) < 4.78 is 13.8. The van der Waals surface area contributed by atoms with E-state index >= 15 is 0 Å². The smallest absolute Gasteiger partial charge is 0.149 e. The Morgan fingerprint density at radius 1 is 1.07 bits per heavy atom. The number of benzene rings is 2. The van der Waals surface area contributed by atoms with Crippen LogP contribution in [0.4, 0.5) is 4.39 Å². The van der Waals surface area contributed by atoms with Gasteiger partial charge in [-0.05, 0) is 50.5 Å². The molecule has 0 saturated carbocycles. The number of allylic oxidation sites excluding steroid dienone is 2. The Balaban J connectivity index is 1.89. The monoisotopic (exact) mass is 361 g/mol. The van der Waals surface area contributed by atoms with E-state index in [9.17, 15) is 9.18 Å². The lowest BCUT2D eigenvalue weighted by molar-refractivity contribution is -0.125. The highest BCUT2D eigenvalue weighted by Gasteiger charge is 2.30. The molecule has 1 atom stereocenters. The summed E-state index contributed by atoms with van der Waals surface area (Å²) in [6.45, 7) is 6.01. The molecule has 1 aromatic heterocycles. The van der Waals surface area contributed by atoms with Gasteiger partial charge in [0.25, 0.3) is 0 Å². The lowest BCUT2D eigenvalue weighted by Crippen LogP contribution is -2.30. The van der Waals surface area contributed by atoms with Crippen LogP contribution >= 0.6 is 0 Å². The molecule has 0 bridgehead atoms. The molecular weight excluding hydrogens is 337 g/mol. The molecule has 0 N–H and O–H groups in total. The van der Waals surface area contributed by atoms with Crippen LogP contribution in [0.3, 0.4) is 0 Å². The number of carbonyl (C=O) groups is 1. The second-order valence-corrected chi connectivity index (χ2v) is 7.56. The molecule has 0 aliphatic rings. The second-order valence-electron chi connectivity index (χ2n) is 7.56. The number of halogens is 1. The molecule has 1 unspecified atom stereocenters. The van der Waals surface area contributed by atoms with Crippen LogP contribution in [-0.2, 0) is 17.6 Å². The van der Waals surface area contributed by atoms with Crippen molar-refractivity contribution in [2.75, 3.05) is 0 Å². The Hall–Kier alpha value is -2.81. The number of pyridine rings is 1. The summed E-state index contributed by atoms with van der Waals surface area (Å²) >= 11 is 0. The third kappa shape index (κ3) is 4.48. The number of Topliss-reactive ketones (excluding diaryl/α,β-unsaturated/α-hetero) is 1. The van der Waals surface area contributed by atoms with Gasteiger partial charge in [0, 0.05) is 23.4 Å². The van der Waals surface area contributed by atoms with Gasteiger partial charge < -0.3 is 0 Å². The van der Waals surface area contributed by atoms with Gasteiger partial charge in [-0.1, -0.05) is 54.1 Å². The number of fused-ring (bicyclic) bond motifs is 1. The zero-order valence-electron chi connectivity index (χ0n) is 16.0. The first kappa shape index (κ1) is 19.0. The van der Waals surface area contributed by atoms with E-state index in [0.717, 1.165) is 16.7 Å². The average Bonchev–Trinajstić information content (AvgIpc) is 2.62. The molecule has 3 rings (SSSR count). The van der Waals surface area contributed by atoms with Crippen LogP contribution in [0, 0.1) is 11.2 Å². The van der Waals surface area contributed by atoms with Crippen LogP contribution in [0.15, 0.2) is 72.4 Å². The zero-order chi connectivity index (χ0) is 19.4. The van der Waals surface area contributed by atoms with Crippen molar-refractivity contribution < 1.29 is 9.18 Å². The van der Waals surface area contributed by atoms with Crippen LogP contribution < -0.4 is 0 Å². The first-order chi connectivity index (χ1) is 12.9. The zero-order valence-corrected chi connectivity index (χ0v) is 16.0. The maximum absolute atomic E-state index is 13.8. The van der Waals surface area contributed by atoms with Crippen molar-refractivity contribution in [3.05, 3.63) is 89.4 Å². The standard InChI is InChI=1S/C24H24FNO/c1-17(2)14-24(3,15-18-8-5-4-6-9-18)22(27)13-19-12-20-10-7-11-21(25)23(20)26-16-19/h4-12,14,16H,13,15H2,1-3H3. The largest absolute Gasteiger partial charge is 0.298 e. The molecule has 0 radical (unpaired) electrons. The quantitative estimate of drug-likeness (QED) is 0.527. The molecule has 27 heavy (non-hydrogen) atoms. The van der Waals surface area contributed by atoms with Gasteiger partial charge in [-0.3, -0.25) is 9.78 Å². The van der Waals surface area contributed by atoms with E-state index in [-0.39, 0.29) is 18.0 Å². The Morgan fingerprint density at radius 2 is 1.81 bits per heavy atom. The molecule has 138 valence electrons. The molecular formula is C24H24FNO. The lowest BCUT2D eigenvalue weighted by Gasteiger charge is -2.26. The second kappa shape index (κ2) is 7.83. The van der Waals surface area contributed by atoms with Crippen molar-refractivity contribution in [3.8, 4) is 0 Å². The Morgan fingerprint density at radius 3 is 2.52 bits per heavy atom. The minimum absolute atomic E-state index is 0.130. The van der Waals surface area contributed by atoms with Gasteiger partial charge in [-0.2, -0.15) is 0 Å². The van der Waals surface area contributed by atoms with Crippen molar-refractivity contribution in [2.24, 2.45) is 5.41 Å². The topological polar surface area (TPSA) is 30.0 Å². The molecule has 0 amide bonds. The van der Waals surface area contributed by atoms with Crippen molar-refractivity contribution in [3.63, 3.8) is 0 Å². The molecule has 2 aromatic carbocycles. The van der Waals surface area contributed by atoms with Crippen LogP contribution in [0.25, 0.3) is 10.9 Å². The van der Waals surface area contributed by atoms with Gasteiger partial charge in [0.2, 0.25) is 0 Å². The highest BCUT2D eigenvalue weighted by molar-refractivity contribution is 5.89. The third-order valence-electron chi connectivity index (χ3n) is 4.74. The highest BCUT2D eigenvalue weighted by Crippen LogP contribution is 2.29. The van der Waals surface area contributed by atoms with E-state index in [2.05, 4.69) is 11.1 Å². The number of nitrogens with zero attached hydrogens (tertiary/aromatic N) is 1. The normalized spacial score (nSPS) is 13.2. The van der Waals surface area contributed by atoms with E-state index in [1.165, 1.54) is 6.07 Å². The molecule has 0 spiro atoms. The SMILES string of the molecule is CC(C)=CC(C)(Cc1ccccc1)C(=O)Cc1cnc2c(F)cccc2c1. The van der Waals surface area contributed by atoms with Gasteiger partial charge in [0.1, 0.15) is 17.1 Å². The third-order valence-corrected chi connectivity index (χ3v) is 4.74. The molecule has 0 saturated heterocycles. The number of hydrogen-bond acceptors (Lipinski definition) is 2. The summed E-state index contributed by atoms with van der Waals surface area (Å²) in [5.41, 5.74) is 2.78. The molecule has 1 heterocycles. The molecule has 3 heteroatoms. The molecule has 0 aliphatic heterocycles. The van der Waals surface area contributed by atoms with Crippen LogP contribution in [0.1, 0.15) is 31.9 Å². The number of carbonyl (C=O) groups excluding carboxylic acids is 1. The average molecular weight is 361 g/mol. The van der Waals surface area contributed by atoms with E-state index in [1.54, 1.807) is 12.3 Å². The van der Waals surface area contributed by atoms with Crippen LogP contribution in [-0.4, -0.2) is 10.8 Å². The molecule has 2 nitrogen and oxygen atoms in total. The lowest BCUT2D eigenvalue weighted by atomic mass is 9.76. The number of hydrogen-bond donors (Lipinski definition) is 0. The number of rotatable bonds is 6. The van der Waals surface area contributed by atoms with Gasteiger partial charge >= 0.3 is 0 Å². The summed E-state index contributed by atoms with van der Waals surface area (Å²) in [4.78, 5) is 17.4. The maximum atomic E-state index is 13.8. The van der Waals surface area contributed by atoms with Crippen LogP contribution in [0.5, 0.6) is 0 Å². The highest BCUT2D eigenvalue weighted by atomic mass is 19.1. The summed E-state index contributed by atoms with van der Waals surface area (Å²) in [6.07, 6.45) is 4.57. The summed E-state index contributed by atoms with van der Waals surface area (Å²) in [7, 11) is 0. The van der Waals surface area contributed by atoms with Crippen molar-refractivity contribution in [2.45, 2.75) is 33.6 Å². The first-order valence-electron chi connectivity index (χ1n) is 9.14. The molecule has 0 aliphatic carbocycles. The van der Waals surface area contributed by atoms with Crippen molar-refractivity contribution >= 4 is 16.7 Å². The van der Waals surface area contributed by atoms with E-state index in [1.807, 2.05) is 63.2 Å². The van der Waals surface area contributed by atoms with Crippen molar-refractivity contribution in [1.29, 1.82) is 0 Å². The fourth-order valence-corrected chi connectivity index (χ4v) is 3.54. The summed E-state index contributed by atoms with van der Waals surface area (Å²) in [5.74, 6) is -0.214. The Kier molecular flexibility index (Phi) is 5.50. The minimum atomic E-state index is -0.600. The van der Waals surface area contributed by atoms with E-state index < -0.39 is 5.41 Å². The number of ketones is 1. The van der Waals surface area contributed by atoms with Crippen molar-refractivity contribution in [1.82, 2.24) is 4.98 Å². The van der Waals surface area contributed by atoms with Gasteiger partial charge in [0.05, 0.1) is 0 Å². The van der Waals surface area contributed by atoms with Gasteiger partial charge in [0.15, 0.2) is 0 Å². The number of aromatic nitrogens is 1. The minimum Gasteiger partial charge on any atom is -0.298 e. The fourth-order valence-electron chi connectivity index (χ4n) is 3.54. The van der Waals surface area contributed by atoms with E-state index in [0.29, 0.717) is 17.3 Å². The summed E-state index contributed by atoms with van der Waals surface area (Å²) in [6, 6.07) is 16.8. The number of para-hydroxylation sites is 1. The predicted octanol–water partition coefficient (Wildman–Crippen LogP) is 5.70. The first-order valence-corrected chi connectivity index (χ1v) is 9.14.